The van der Waals surface area contributed by atoms with Crippen LogP contribution in [0.4, 0.5) is 5.82 Å². The van der Waals surface area contributed by atoms with Crippen molar-refractivity contribution in [2.75, 3.05) is 19.5 Å². The summed E-state index contributed by atoms with van der Waals surface area (Å²) in [5, 5.41) is 0. The van der Waals surface area contributed by atoms with E-state index >= 15 is 0 Å². The minimum Gasteiger partial charge on any atom is -0.496 e. The van der Waals surface area contributed by atoms with Gasteiger partial charge in [0.2, 0.25) is 0 Å². The lowest BCUT2D eigenvalue weighted by Gasteiger charge is -2.10. The van der Waals surface area contributed by atoms with Crippen LogP contribution in [0.5, 0.6) is 5.75 Å². The number of H-pyrrole nitrogens is 1. The zero-order valence-electron chi connectivity index (χ0n) is 12.7. The standard InChI is InChI=1S/C16H20N2O3/c1-5-21-16(19)12-8-13(18-15(12)17)11-6-9(2)10(3)7-14(11)20-4/h6-8,18H,5,17H2,1-4H3. The lowest BCUT2D eigenvalue weighted by molar-refractivity contribution is 0.0528. The summed E-state index contributed by atoms with van der Waals surface area (Å²) in [5.74, 6) is 0.596. The van der Waals surface area contributed by atoms with Gasteiger partial charge in [0.25, 0.3) is 0 Å². The first-order valence-electron chi connectivity index (χ1n) is 6.79. The van der Waals surface area contributed by atoms with Crippen molar-refractivity contribution in [3.05, 3.63) is 34.9 Å². The first-order chi connectivity index (χ1) is 9.97. The molecule has 3 N–H and O–H groups in total. The van der Waals surface area contributed by atoms with Crippen LogP contribution < -0.4 is 10.5 Å². The van der Waals surface area contributed by atoms with Crippen molar-refractivity contribution in [1.82, 2.24) is 4.98 Å². The predicted octanol–water partition coefficient (Wildman–Crippen LogP) is 3.07. The van der Waals surface area contributed by atoms with Gasteiger partial charge >= 0.3 is 5.97 Å². The Morgan fingerprint density at radius 2 is 1.90 bits per heavy atom. The van der Waals surface area contributed by atoms with Gasteiger partial charge in [0.1, 0.15) is 17.1 Å². The van der Waals surface area contributed by atoms with E-state index in [0.717, 1.165) is 28.1 Å². The van der Waals surface area contributed by atoms with Crippen LogP contribution in [0.25, 0.3) is 11.3 Å². The quantitative estimate of drug-likeness (QED) is 0.848. The third-order valence-corrected chi connectivity index (χ3v) is 3.45. The lowest BCUT2D eigenvalue weighted by Crippen LogP contribution is -2.05. The maximum absolute atomic E-state index is 11.8. The van der Waals surface area contributed by atoms with E-state index in [-0.39, 0.29) is 0 Å². The molecule has 0 aliphatic carbocycles. The molecular weight excluding hydrogens is 268 g/mol. The third-order valence-electron chi connectivity index (χ3n) is 3.45. The number of nitrogens with two attached hydrogens (primary N) is 1. The molecule has 0 unspecified atom stereocenters. The zero-order valence-corrected chi connectivity index (χ0v) is 12.7. The predicted molar refractivity (Wildman–Crippen MR) is 82.6 cm³/mol. The summed E-state index contributed by atoms with van der Waals surface area (Å²) in [5.41, 5.74) is 10.1. The number of carbonyl (C=O) groups excluding carboxylic acids is 1. The van der Waals surface area contributed by atoms with Gasteiger partial charge in [-0.1, -0.05) is 0 Å². The van der Waals surface area contributed by atoms with Gasteiger partial charge in [-0.3, -0.25) is 0 Å². The number of carbonyl (C=O) groups is 1. The molecule has 0 aliphatic rings. The van der Waals surface area contributed by atoms with Gasteiger partial charge in [0.05, 0.1) is 19.4 Å². The van der Waals surface area contributed by atoms with Crippen LogP contribution in [0, 0.1) is 13.8 Å². The molecule has 0 spiro atoms. The van der Waals surface area contributed by atoms with E-state index in [1.807, 2.05) is 26.0 Å². The minimum atomic E-state index is -0.430. The van der Waals surface area contributed by atoms with Crippen molar-refractivity contribution in [3.8, 4) is 17.0 Å². The summed E-state index contributed by atoms with van der Waals surface area (Å²) in [4.78, 5) is 14.9. The number of anilines is 1. The average molecular weight is 288 g/mol. The molecule has 0 bridgehead atoms. The number of rotatable bonds is 4. The SMILES string of the molecule is CCOC(=O)c1cc(-c2cc(C)c(C)cc2OC)[nH]c1N. The molecule has 1 aromatic carbocycles. The molecule has 0 saturated heterocycles. The Bertz CT molecular complexity index is 674. The molecule has 0 atom stereocenters. The molecule has 0 saturated carbocycles. The molecule has 1 aromatic heterocycles. The number of hydrogen-bond donors (Lipinski definition) is 2. The summed E-state index contributed by atoms with van der Waals surface area (Å²) >= 11 is 0. The second kappa shape index (κ2) is 5.91. The van der Waals surface area contributed by atoms with Gasteiger partial charge in [0, 0.05) is 5.56 Å². The Balaban J connectivity index is 2.50. The number of aromatic nitrogens is 1. The molecular formula is C16H20N2O3. The van der Waals surface area contributed by atoms with E-state index in [9.17, 15) is 4.79 Å². The highest BCUT2D eigenvalue weighted by Gasteiger charge is 2.17. The highest BCUT2D eigenvalue weighted by molar-refractivity contribution is 5.96. The van der Waals surface area contributed by atoms with E-state index < -0.39 is 5.97 Å². The van der Waals surface area contributed by atoms with Crippen molar-refractivity contribution in [1.29, 1.82) is 0 Å². The van der Waals surface area contributed by atoms with Crippen LogP contribution >= 0.6 is 0 Å². The Morgan fingerprint density at radius 1 is 1.24 bits per heavy atom. The van der Waals surface area contributed by atoms with Crippen molar-refractivity contribution >= 4 is 11.8 Å². The molecule has 2 rings (SSSR count). The molecule has 0 aliphatic heterocycles. The van der Waals surface area contributed by atoms with Gasteiger partial charge in [-0.05, 0) is 50.1 Å². The van der Waals surface area contributed by atoms with Crippen LogP contribution in [0.2, 0.25) is 0 Å². The number of hydrogen-bond acceptors (Lipinski definition) is 4. The summed E-state index contributed by atoms with van der Waals surface area (Å²) in [6.07, 6.45) is 0. The molecule has 0 fully saturated rings. The number of nitrogen functional groups attached to an aromatic ring is 1. The highest BCUT2D eigenvalue weighted by atomic mass is 16.5. The Morgan fingerprint density at radius 3 is 2.52 bits per heavy atom. The second-order valence-corrected chi connectivity index (χ2v) is 4.87. The Labute approximate surface area is 124 Å². The van der Waals surface area contributed by atoms with Crippen LogP contribution in [0.15, 0.2) is 18.2 Å². The maximum Gasteiger partial charge on any atom is 0.341 e. The monoisotopic (exact) mass is 288 g/mol. The molecule has 112 valence electrons. The van der Waals surface area contributed by atoms with Gasteiger partial charge < -0.3 is 20.2 Å². The summed E-state index contributed by atoms with van der Waals surface area (Å²) in [6.45, 7) is 6.12. The van der Waals surface area contributed by atoms with Gasteiger partial charge in [0.15, 0.2) is 0 Å². The first-order valence-corrected chi connectivity index (χ1v) is 6.79. The van der Waals surface area contributed by atoms with E-state index in [1.54, 1.807) is 20.1 Å². The summed E-state index contributed by atoms with van der Waals surface area (Å²) in [7, 11) is 1.62. The fraction of sp³-hybridized carbons (Fsp3) is 0.312. The van der Waals surface area contributed by atoms with Crippen molar-refractivity contribution < 1.29 is 14.3 Å². The maximum atomic E-state index is 11.8. The fourth-order valence-corrected chi connectivity index (χ4v) is 2.16. The topological polar surface area (TPSA) is 77.3 Å². The Kier molecular flexibility index (Phi) is 4.21. The van der Waals surface area contributed by atoms with Crippen LogP contribution in [-0.2, 0) is 4.74 Å². The largest absolute Gasteiger partial charge is 0.496 e. The van der Waals surface area contributed by atoms with E-state index in [4.69, 9.17) is 15.2 Å². The average Bonchev–Trinajstić information content (AvgIpc) is 2.83. The lowest BCUT2D eigenvalue weighted by atomic mass is 10.0. The number of aryl methyl sites for hydroxylation is 2. The number of ether oxygens (including phenoxy) is 2. The smallest absolute Gasteiger partial charge is 0.341 e. The molecule has 5 nitrogen and oxygen atoms in total. The number of aromatic amines is 1. The van der Waals surface area contributed by atoms with Crippen molar-refractivity contribution in [2.24, 2.45) is 0 Å². The second-order valence-electron chi connectivity index (χ2n) is 4.87. The summed E-state index contributed by atoms with van der Waals surface area (Å²) < 4.78 is 10.4. The fourth-order valence-electron chi connectivity index (χ4n) is 2.16. The zero-order chi connectivity index (χ0) is 15.6. The van der Waals surface area contributed by atoms with E-state index in [2.05, 4.69) is 4.98 Å². The number of nitrogens with one attached hydrogen (secondary N) is 1. The van der Waals surface area contributed by atoms with Crippen molar-refractivity contribution in [3.63, 3.8) is 0 Å². The Hall–Kier alpha value is -2.43. The normalized spacial score (nSPS) is 10.5. The van der Waals surface area contributed by atoms with E-state index in [0.29, 0.717) is 18.0 Å². The van der Waals surface area contributed by atoms with Crippen LogP contribution in [0.1, 0.15) is 28.4 Å². The van der Waals surface area contributed by atoms with Crippen molar-refractivity contribution in [2.45, 2.75) is 20.8 Å². The number of methoxy groups -OCH3 is 1. The minimum absolute atomic E-state index is 0.295. The first kappa shape index (κ1) is 15.0. The number of esters is 1. The van der Waals surface area contributed by atoms with Gasteiger partial charge in [-0.15, -0.1) is 0 Å². The van der Waals surface area contributed by atoms with Gasteiger partial charge in [-0.25, -0.2) is 4.79 Å². The molecule has 5 heteroatoms. The molecule has 0 amide bonds. The van der Waals surface area contributed by atoms with Crippen LogP contribution in [-0.4, -0.2) is 24.7 Å². The number of benzene rings is 1. The molecule has 1 heterocycles. The van der Waals surface area contributed by atoms with Crippen LogP contribution in [0.3, 0.4) is 0 Å². The van der Waals surface area contributed by atoms with Gasteiger partial charge in [-0.2, -0.15) is 0 Å². The summed E-state index contributed by atoms with van der Waals surface area (Å²) in [6, 6.07) is 5.67. The third kappa shape index (κ3) is 2.86. The molecule has 2 aromatic rings. The van der Waals surface area contributed by atoms with E-state index in [1.165, 1.54) is 0 Å². The molecule has 21 heavy (non-hydrogen) atoms. The highest BCUT2D eigenvalue weighted by Crippen LogP contribution is 2.33. The molecule has 0 radical (unpaired) electrons.